The van der Waals surface area contributed by atoms with Crippen molar-refractivity contribution in [2.75, 3.05) is 33.5 Å². The minimum Gasteiger partial charge on any atom is -0.395 e. The Bertz CT molecular complexity index is 90.4. The van der Waals surface area contributed by atoms with Crippen LogP contribution in [0.5, 0.6) is 0 Å². The van der Waals surface area contributed by atoms with E-state index in [2.05, 4.69) is 0 Å². The second-order valence-corrected chi connectivity index (χ2v) is 2.69. The summed E-state index contributed by atoms with van der Waals surface area (Å²) in [7, 11) is 1.64. The fourth-order valence-corrected chi connectivity index (χ4v) is 0.783. The SMILES string of the molecule is COCCOCCCC(N)CO. The highest BCUT2D eigenvalue weighted by molar-refractivity contribution is 4.57. The van der Waals surface area contributed by atoms with Crippen molar-refractivity contribution in [1.29, 1.82) is 0 Å². The van der Waals surface area contributed by atoms with Gasteiger partial charge in [-0.25, -0.2) is 0 Å². The lowest BCUT2D eigenvalue weighted by Crippen LogP contribution is -2.24. The summed E-state index contributed by atoms with van der Waals surface area (Å²) >= 11 is 0. The number of methoxy groups -OCH3 is 1. The summed E-state index contributed by atoms with van der Waals surface area (Å²) in [6, 6.07) is -0.101. The van der Waals surface area contributed by atoms with E-state index in [1.165, 1.54) is 0 Å². The molecule has 0 aromatic carbocycles. The van der Waals surface area contributed by atoms with Gasteiger partial charge in [0.05, 0.1) is 19.8 Å². The highest BCUT2D eigenvalue weighted by Gasteiger charge is 1.98. The lowest BCUT2D eigenvalue weighted by molar-refractivity contribution is 0.0674. The lowest BCUT2D eigenvalue weighted by Gasteiger charge is -2.07. The van der Waals surface area contributed by atoms with Crippen LogP contribution in [-0.2, 0) is 9.47 Å². The topological polar surface area (TPSA) is 64.7 Å². The molecule has 74 valence electrons. The second-order valence-electron chi connectivity index (χ2n) is 2.69. The summed E-state index contributed by atoms with van der Waals surface area (Å²) in [5.41, 5.74) is 5.48. The minimum absolute atomic E-state index is 0.0536. The molecule has 4 heteroatoms. The Morgan fingerprint density at radius 3 is 2.67 bits per heavy atom. The maximum absolute atomic E-state index is 8.59. The molecule has 0 saturated heterocycles. The molecule has 3 N–H and O–H groups in total. The van der Waals surface area contributed by atoms with Gasteiger partial charge in [-0.3, -0.25) is 0 Å². The predicted molar refractivity (Wildman–Crippen MR) is 47.0 cm³/mol. The van der Waals surface area contributed by atoms with Gasteiger partial charge in [-0.1, -0.05) is 0 Å². The molecule has 0 aromatic rings. The van der Waals surface area contributed by atoms with Gasteiger partial charge in [0, 0.05) is 19.8 Å². The third-order valence-electron chi connectivity index (χ3n) is 1.53. The minimum atomic E-state index is -0.101. The Hall–Kier alpha value is -0.160. The summed E-state index contributed by atoms with van der Waals surface area (Å²) in [6.45, 7) is 2.01. The van der Waals surface area contributed by atoms with Crippen LogP contribution in [0, 0.1) is 0 Å². The molecule has 0 aliphatic rings. The van der Waals surface area contributed by atoms with Gasteiger partial charge in [0.25, 0.3) is 0 Å². The zero-order chi connectivity index (χ0) is 9.23. The molecule has 1 unspecified atom stereocenters. The summed E-state index contributed by atoms with van der Waals surface area (Å²) in [5, 5.41) is 8.59. The molecule has 0 rings (SSSR count). The first-order chi connectivity index (χ1) is 5.81. The molecule has 0 saturated carbocycles. The van der Waals surface area contributed by atoms with Crippen molar-refractivity contribution >= 4 is 0 Å². The Morgan fingerprint density at radius 1 is 1.33 bits per heavy atom. The van der Waals surface area contributed by atoms with Crippen LogP contribution in [0.4, 0.5) is 0 Å². The molecule has 0 radical (unpaired) electrons. The first-order valence-corrected chi connectivity index (χ1v) is 4.24. The molecular formula is C8H19NO3. The average molecular weight is 177 g/mol. The summed E-state index contributed by atoms with van der Waals surface area (Å²) < 4.78 is 10.0. The van der Waals surface area contributed by atoms with E-state index < -0.39 is 0 Å². The Kier molecular flexibility index (Phi) is 8.81. The van der Waals surface area contributed by atoms with E-state index in [9.17, 15) is 0 Å². The second kappa shape index (κ2) is 8.93. The van der Waals surface area contributed by atoms with Crippen molar-refractivity contribution in [3.8, 4) is 0 Å². The van der Waals surface area contributed by atoms with Crippen molar-refractivity contribution in [1.82, 2.24) is 0 Å². The van der Waals surface area contributed by atoms with Crippen molar-refractivity contribution in [3.05, 3.63) is 0 Å². The predicted octanol–water partition coefficient (Wildman–Crippen LogP) is -0.251. The number of nitrogens with two attached hydrogens (primary N) is 1. The molecule has 0 heterocycles. The fourth-order valence-electron chi connectivity index (χ4n) is 0.783. The van der Waals surface area contributed by atoms with Crippen molar-refractivity contribution in [3.63, 3.8) is 0 Å². The van der Waals surface area contributed by atoms with Crippen LogP contribution in [0.25, 0.3) is 0 Å². The van der Waals surface area contributed by atoms with E-state index in [1.807, 2.05) is 0 Å². The van der Waals surface area contributed by atoms with Gasteiger partial charge in [0.2, 0.25) is 0 Å². The van der Waals surface area contributed by atoms with E-state index in [0.717, 1.165) is 12.8 Å². The van der Waals surface area contributed by atoms with Crippen molar-refractivity contribution < 1.29 is 14.6 Å². The Morgan fingerprint density at radius 2 is 2.08 bits per heavy atom. The van der Waals surface area contributed by atoms with Crippen LogP contribution >= 0.6 is 0 Å². The molecule has 12 heavy (non-hydrogen) atoms. The zero-order valence-corrected chi connectivity index (χ0v) is 7.66. The smallest absolute Gasteiger partial charge is 0.0700 e. The maximum atomic E-state index is 8.59. The summed E-state index contributed by atoms with van der Waals surface area (Å²) in [4.78, 5) is 0. The first-order valence-electron chi connectivity index (χ1n) is 4.24. The van der Waals surface area contributed by atoms with Crippen LogP contribution in [0.2, 0.25) is 0 Å². The summed E-state index contributed by atoms with van der Waals surface area (Å²) in [6.07, 6.45) is 1.70. The number of ether oxygens (including phenoxy) is 2. The Balaban J connectivity index is 2.90. The van der Waals surface area contributed by atoms with Crippen LogP contribution in [0.3, 0.4) is 0 Å². The molecule has 0 fully saturated rings. The third-order valence-corrected chi connectivity index (χ3v) is 1.53. The van der Waals surface area contributed by atoms with Gasteiger partial charge in [-0.15, -0.1) is 0 Å². The third kappa shape index (κ3) is 7.94. The largest absolute Gasteiger partial charge is 0.395 e. The highest BCUT2D eigenvalue weighted by atomic mass is 16.5. The van der Waals surface area contributed by atoms with Crippen molar-refractivity contribution in [2.24, 2.45) is 5.73 Å². The summed E-state index contributed by atoms with van der Waals surface area (Å²) in [5.74, 6) is 0. The van der Waals surface area contributed by atoms with Gasteiger partial charge in [-0.2, -0.15) is 0 Å². The lowest BCUT2D eigenvalue weighted by atomic mass is 10.2. The number of rotatable bonds is 8. The van der Waals surface area contributed by atoms with Gasteiger partial charge in [0.1, 0.15) is 0 Å². The van der Waals surface area contributed by atoms with E-state index in [0.29, 0.717) is 19.8 Å². The van der Waals surface area contributed by atoms with Gasteiger partial charge >= 0.3 is 0 Å². The monoisotopic (exact) mass is 177 g/mol. The maximum Gasteiger partial charge on any atom is 0.0700 e. The first kappa shape index (κ1) is 11.8. The van der Waals surface area contributed by atoms with E-state index in [1.54, 1.807) is 7.11 Å². The molecule has 0 spiro atoms. The van der Waals surface area contributed by atoms with Gasteiger partial charge < -0.3 is 20.3 Å². The number of hydrogen-bond acceptors (Lipinski definition) is 4. The highest BCUT2D eigenvalue weighted by Crippen LogP contribution is 1.93. The molecular weight excluding hydrogens is 158 g/mol. The van der Waals surface area contributed by atoms with E-state index >= 15 is 0 Å². The standard InChI is InChI=1S/C8H19NO3/c1-11-5-6-12-4-2-3-8(9)7-10/h8,10H,2-7,9H2,1H3. The Labute approximate surface area is 73.7 Å². The molecule has 0 bridgehead atoms. The normalized spacial score (nSPS) is 13.2. The molecule has 0 amide bonds. The number of hydrogen-bond donors (Lipinski definition) is 2. The molecule has 0 aliphatic heterocycles. The van der Waals surface area contributed by atoms with Crippen molar-refractivity contribution in [2.45, 2.75) is 18.9 Å². The van der Waals surface area contributed by atoms with E-state index in [4.69, 9.17) is 20.3 Å². The molecule has 0 aliphatic carbocycles. The fraction of sp³-hybridized carbons (Fsp3) is 1.00. The van der Waals surface area contributed by atoms with Crippen LogP contribution in [0.15, 0.2) is 0 Å². The molecule has 4 nitrogen and oxygen atoms in total. The quantitative estimate of drug-likeness (QED) is 0.502. The zero-order valence-electron chi connectivity index (χ0n) is 7.66. The number of aliphatic hydroxyl groups is 1. The molecule has 0 aromatic heterocycles. The van der Waals surface area contributed by atoms with Gasteiger partial charge in [0.15, 0.2) is 0 Å². The van der Waals surface area contributed by atoms with Crippen LogP contribution < -0.4 is 5.73 Å². The van der Waals surface area contributed by atoms with Gasteiger partial charge in [-0.05, 0) is 12.8 Å². The van der Waals surface area contributed by atoms with E-state index in [-0.39, 0.29) is 12.6 Å². The van der Waals surface area contributed by atoms with Crippen LogP contribution in [-0.4, -0.2) is 44.7 Å². The average Bonchev–Trinajstić information content (AvgIpc) is 2.10. The number of aliphatic hydroxyl groups excluding tert-OH is 1. The molecule has 1 atom stereocenters. The van der Waals surface area contributed by atoms with Crippen LogP contribution in [0.1, 0.15) is 12.8 Å².